The van der Waals surface area contributed by atoms with Crippen LogP contribution in [-0.2, 0) is 18.7 Å². The van der Waals surface area contributed by atoms with Gasteiger partial charge in [0.25, 0.3) is 0 Å². The van der Waals surface area contributed by atoms with Gasteiger partial charge in [-0.25, -0.2) is 0 Å². The van der Waals surface area contributed by atoms with E-state index >= 15 is 0 Å². The summed E-state index contributed by atoms with van der Waals surface area (Å²) in [5, 5.41) is 9.58. The fraction of sp³-hybridized carbons (Fsp3) is 0.714. The van der Waals surface area contributed by atoms with E-state index in [9.17, 15) is 18.7 Å². The van der Waals surface area contributed by atoms with Crippen molar-refractivity contribution in [2.75, 3.05) is 19.6 Å². The molecule has 21 heavy (non-hydrogen) atoms. The van der Waals surface area contributed by atoms with Crippen molar-refractivity contribution in [1.29, 1.82) is 0 Å². The highest BCUT2D eigenvalue weighted by Gasteiger charge is 2.56. The van der Waals surface area contributed by atoms with Crippen molar-refractivity contribution in [2.24, 2.45) is 5.73 Å². The number of carbonyl (C=O) groups excluding carboxylic acids is 1. The highest BCUT2D eigenvalue weighted by molar-refractivity contribution is 7.72. The molecule has 12 nitrogen and oxygen atoms in total. The van der Waals surface area contributed by atoms with Gasteiger partial charge in [0.15, 0.2) is 0 Å². The molecule has 0 unspecified atom stereocenters. The zero-order valence-electron chi connectivity index (χ0n) is 10.7. The third kappa shape index (κ3) is 6.20. The van der Waals surface area contributed by atoms with Crippen LogP contribution in [0.1, 0.15) is 6.42 Å². The summed E-state index contributed by atoms with van der Waals surface area (Å²) in [6, 6.07) is 0. The molecule has 0 aromatic carbocycles. The molecule has 9 N–H and O–H groups in total. The van der Waals surface area contributed by atoms with Gasteiger partial charge in [-0.15, -0.1) is 0 Å². The zero-order chi connectivity index (χ0) is 16.9. The van der Waals surface area contributed by atoms with E-state index in [1.807, 2.05) is 5.32 Å². The predicted molar refractivity (Wildman–Crippen MR) is 69.1 cm³/mol. The molecule has 0 bridgehead atoms. The lowest BCUT2D eigenvalue weighted by Crippen LogP contribution is -2.43. The molecule has 0 atom stereocenters. The minimum atomic E-state index is -5.30. The Morgan fingerprint density at radius 2 is 1.52 bits per heavy atom. The number of aliphatic carboxylic acids is 1. The van der Waals surface area contributed by atoms with Crippen LogP contribution in [0.2, 0.25) is 0 Å². The predicted octanol–water partition coefficient (Wildman–Crippen LogP) is -2.87. The van der Waals surface area contributed by atoms with Crippen molar-refractivity contribution in [1.82, 2.24) is 10.6 Å². The van der Waals surface area contributed by atoms with Crippen LogP contribution in [0.4, 0.5) is 0 Å². The fourth-order valence-corrected chi connectivity index (χ4v) is 3.34. The number of hydrogen-bond acceptors (Lipinski definition) is 6. The fourth-order valence-electron chi connectivity index (χ4n) is 1.17. The van der Waals surface area contributed by atoms with Crippen molar-refractivity contribution < 1.29 is 43.4 Å². The molecule has 0 aromatic rings. The second-order valence-corrected chi connectivity index (χ2v) is 8.19. The van der Waals surface area contributed by atoms with Crippen LogP contribution < -0.4 is 16.4 Å². The normalized spacial score (nSPS) is 13.0. The summed E-state index contributed by atoms with van der Waals surface area (Å²) in [6.07, 6.45) is -0.798. The minimum absolute atomic E-state index is 0.382. The molecule has 0 aliphatic rings. The lowest BCUT2D eigenvalue weighted by atomic mass is 10.4. The number of nitrogens with two attached hydrogens (primary N) is 1. The molecule has 0 saturated carbocycles. The summed E-state index contributed by atoms with van der Waals surface area (Å²) >= 11 is 0. The summed E-state index contributed by atoms with van der Waals surface area (Å²) in [4.78, 5) is 57.0. The van der Waals surface area contributed by atoms with Gasteiger partial charge >= 0.3 is 21.2 Å². The molecular formula is C7H17N3O9P2. The average molecular weight is 349 g/mol. The molecule has 0 heterocycles. The van der Waals surface area contributed by atoms with Crippen molar-refractivity contribution in [3.63, 3.8) is 0 Å². The van der Waals surface area contributed by atoms with Gasteiger partial charge in [-0.1, -0.05) is 0 Å². The highest BCUT2D eigenvalue weighted by Crippen LogP contribution is 2.67. The van der Waals surface area contributed by atoms with Crippen LogP contribution >= 0.6 is 15.2 Å². The first-order chi connectivity index (χ1) is 9.31. The summed E-state index contributed by atoms with van der Waals surface area (Å²) in [5.74, 6) is -1.97. The Balaban J connectivity index is 4.43. The summed E-state index contributed by atoms with van der Waals surface area (Å²) in [7, 11) is -10.6. The van der Waals surface area contributed by atoms with Crippen molar-refractivity contribution in [3.8, 4) is 0 Å². The van der Waals surface area contributed by atoms with Gasteiger partial charge in [-0.05, 0) is 6.54 Å². The van der Waals surface area contributed by atoms with Crippen molar-refractivity contribution in [3.05, 3.63) is 0 Å². The van der Waals surface area contributed by atoms with E-state index in [2.05, 4.69) is 5.32 Å². The number of carbonyl (C=O) groups is 2. The Hall–Kier alpha value is -0.840. The van der Waals surface area contributed by atoms with Crippen LogP contribution in [0.3, 0.4) is 0 Å². The molecule has 124 valence electrons. The second-order valence-electron chi connectivity index (χ2n) is 4.06. The first-order valence-electron chi connectivity index (χ1n) is 5.40. The third-order valence-electron chi connectivity index (χ3n) is 2.40. The molecule has 0 fully saturated rings. The van der Waals surface area contributed by atoms with Gasteiger partial charge in [0, 0.05) is 6.42 Å². The Morgan fingerprint density at radius 1 is 1.05 bits per heavy atom. The van der Waals surface area contributed by atoms with Crippen LogP contribution in [0, 0.1) is 0 Å². The van der Waals surface area contributed by atoms with E-state index in [0.29, 0.717) is 0 Å². The maximum absolute atomic E-state index is 11.1. The van der Waals surface area contributed by atoms with Crippen molar-refractivity contribution >= 4 is 27.1 Å². The van der Waals surface area contributed by atoms with E-state index in [-0.39, 0.29) is 6.54 Å². The molecule has 0 saturated heterocycles. The maximum atomic E-state index is 11.1. The molecule has 0 aliphatic carbocycles. The van der Waals surface area contributed by atoms with E-state index in [1.165, 1.54) is 0 Å². The Morgan fingerprint density at radius 3 is 1.90 bits per heavy atom. The lowest BCUT2D eigenvalue weighted by molar-refractivity contribution is -0.137. The Labute approximate surface area is 119 Å². The first-order valence-corrected chi connectivity index (χ1v) is 8.63. The number of hydrogen-bond donors (Lipinski definition) is 8. The molecular weight excluding hydrogens is 332 g/mol. The van der Waals surface area contributed by atoms with Crippen LogP contribution in [0.25, 0.3) is 0 Å². The maximum Gasteiger partial charge on any atom is 0.357 e. The van der Waals surface area contributed by atoms with Crippen LogP contribution in [-0.4, -0.2) is 61.2 Å². The number of rotatable bonds is 9. The Bertz CT molecular complexity index is 462. The molecule has 0 radical (unpaired) electrons. The number of carboxylic acid groups (broad SMARTS) is 1. The number of nitrogens with one attached hydrogen (secondary N) is 2. The first kappa shape index (κ1) is 20.2. The quantitative estimate of drug-likeness (QED) is 0.156. The summed E-state index contributed by atoms with van der Waals surface area (Å²) in [5.41, 5.74) is 5.12. The van der Waals surface area contributed by atoms with Gasteiger partial charge in [-0.2, -0.15) is 0 Å². The standard InChI is InChI=1S/C7H17N3O9P2/c8-7(20(14,15)16,21(17,18)19)1-2-9-3-5(11)10-4-6(12)13/h9H,1-4,8H2,(H,10,11)(H,12,13)(H2,14,15,16)(H2,17,18,19). The van der Waals surface area contributed by atoms with Gasteiger partial charge in [0.2, 0.25) is 10.9 Å². The second kappa shape index (κ2) is 7.43. The summed E-state index contributed by atoms with van der Waals surface area (Å²) < 4.78 is 22.2. The molecule has 1 amide bonds. The topological polar surface area (TPSA) is 220 Å². The van der Waals surface area contributed by atoms with Crippen LogP contribution in [0.15, 0.2) is 0 Å². The van der Waals surface area contributed by atoms with E-state index in [1.54, 1.807) is 0 Å². The largest absolute Gasteiger partial charge is 0.480 e. The number of carboxylic acids is 1. The molecule has 0 rings (SSSR count). The molecule has 14 heteroatoms. The SMILES string of the molecule is NC(CCNCC(=O)NCC(=O)O)(P(=O)(O)O)P(=O)(O)O. The highest BCUT2D eigenvalue weighted by atomic mass is 31.2. The van der Waals surface area contributed by atoms with Gasteiger partial charge < -0.3 is 41.0 Å². The van der Waals surface area contributed by atoms with E-state index in [4.69, 9.17) is 30.4 Å². The molecule has 0 spiro atoms. The average Bonchev–Trinajstić information content (AvgIpc) is 2.28. The molecule has 0 aliphatic heterocycles. The van der Waals surface area contributed by atoms with Gasteiger partial charge in [0.1, 0.15) is 6.54 Å². The van der Waals surface area contributed by atoms with E-state index < -0.39 is 51.6 Å². The van der Waals surface area contributed by atoms with Gasteiger partial charge in [-0.3, -0.25) is 18.7 Å². The van der Waals surface area contributed by atoms with E-state index in [0.717, 1.165) is 0 Å². The molecule has 0 aromatic heterocycles. The zero-order valence-corrected chi connectivity index (χ0v) is 12.5. The van der Waals surface area contributed by atoms with Crippen LogP contribution in [0.5, 0.6) is 0 Å². The monoisotopic (exact) mass is 349 g/mol. The lowest BCUT2D eigenvalue weighted by Gasteiger charge is -2.30. The Kier molecular flexibility index (Phi) is 7.13. The summed E-state index contributed by atoms with van der Waals surface area (Å²) in [6.45, 7) is -1.40. The third-order valence-corrected chi connectivity index (χ3v) is 6.43. The minimum Gasteiger partial charge on any atom is -0.480 e. The van der Waals surface area contributed by atoms with Crippen molar-refractivity contribution in [2.45, 2.75) is 11.4 Å². The number of amides is 1. The smallest absolute Gasteiger partial charge is 0.357 e. The van der Waals surface area contributed by atoms with Gasteiger partial charge in [0.05, 0.1) is 6.54 Å².